The van der Waals surface area contributed by atoms with Gasteiger partial charge in [-0.15, -0.1) is 0 Å². The lowest BCUT2D eigenvalue weighted by atomic mass is 9.82. The van der Waals surface area contributed by atoms with E-state index in [1.54, 1.807) is 49.1 Å². The number of rotatable bonds is 13. The van der Waals surface area contributed by atoms with Crippen LogP contribution in [0.2, 0.25) is 0 Å². The summed E-state index contributed by atoms with van der Waals surface area (Å²) in [4.78, 5) is 58.3. The molecule has 4 aromatic carbocycles. The summed E-state index contributed by atoms with van der Waals surface area (Å²) in [6.45, 7) is 14.0. The Morgan fingerprint density at radius 3 is 1.20 bits per heavy atom. The fraction of sp³-hybridized carbons (Fsp3) is 0.482. The number of Topliss-reactive ketones (excluding diaryl/α,β-unsaturated/α-hetero) is 1. The second kappa shape index (κ2) is 28.5. The van der Waals surface area contributed by atoms with Gasteiger partial charge in [-0.1, -0.05) is 121 Å². The smallest absolute Gasteiger partial charge is 0.404 e. The number of aliphatic hydroxyl groups is 1. The van der Waals surface area contributed by atoms with E-state index >= 15 is 0 Å². The first-order valence-electron chi connectivity index (χ1n) is 23.7. The minimum atomic E-state index is -4.61. The SMILES string of the molecule is CC(=O)C(C)(C)C(=O)OCc1ccccc1.CC(C)(C(=O)OCc1ccccc1)C(F)(F)F.CC(F)(F)C(C)(C)C(=O)N1CC[C@H]1c1ccccc1.CC(F)(F)C(C)(C)C(=O)O.CO.c1ccc([C@@H]2CCN2)cc1. The third-order valence-electron chi connectivity index (χ3n) is 12.8. The van der Waals surface area contributed by atoms with Gasteiger partial charge in [0.1, 0.15) is 35.2 Å². The quantitative estimate of drug-likeness (QED) is 0.0668. The molecule has 0 spiro atoms. The van der Waals surface area contributed by atoms with Crippen LogP contribution in [0, 0.1) is 21.7 Å². The zero-order valence-corrected chi connectivity index (χ0v) is 44.3. The number of carbonyl (C=O) groups is 5. The predicted octanol–water partition coefficient (Wildman–Crippen LogP) is 12.4. The number of ketones is 1. The van der Waals surface area contributed by atoms with Gasteiger partial charge in [0.15, 0.2) is 5.41 Å². The highest BCUT2D eigenvalue weighted by Gasteiger charge is 2.55. The van der Waals surface area contributed by atoms with Gasteiger partial charge in [0, 0.05) is 33.5 Å². The molecule has 0 aromatic heterocycles. The van der Waals surface area contributed by atoms with Gasteiger partial charge in [-0.2, -0.15) is 13.2 Å². The van der Waals surface area contributed by atoms with Crippen LogP contribution in [-0.4, -0.2) is 82.9 Å². The van der Waals surface area contributed by atoms with Crippen LogP contribution in [0.4, 0.5) is 30.7 Å². The fourth-order valence-corrected chi connectivity index (χ4v) is 5.71. The van der Waals surface area contributed by atoms with E-state index in [9.17, 15) is 54.7 Å². The molecule has 0 unspecified atom stereocenters. The van der Waals surface area contributed by atoms with E-state index in [2.05, 4.69) is 40.4 Å². The van der Waals surface area contributed by atoms with Crippen LogP contribution in [-0.2, 0) is 46.7 Å². The molecule has 2 aliphatic heterocycles. The van der Waals surface area contributed by atoms with Crippen molar-refractivity contribution in [1.29, 1.82) is 0 Å². The number of aliphatic carboxylic acids is 1. The Balaban J connectivity index is 0.000000468. The molecule has 0 aliphatic carbocycles. The Morgan fingerprint density at radius 1 is 0.554 bits per heavy atom. The number of nitrogens with one attached hydrogen (secondary N) is 1. The molecule has 3 N–H and O–H groups in total. The summed E-state index contributed by atoms with van der Waals surface area (Å²) in [5.74, 6) is -10.1. The number of hydrogen-bond acceptors (Lipinski definition) is 9. The van der Waals surface area contributed by atoms with Crippen molar-refractivity contribution in [3.05, 3.63) is 144 Å². The number of alkyl halides is 7. The third-order valence-corrected chi connectivity index (χ3v) is 12.8. The summed E-state index contributed by atoms with van der Waals surface area (Å²) in [5.41, 5.74) is -3.19. The number of aliphatic hydroxyl groups excluding tert-OH is 1. The van der Waals surface area contributed by atoms with E-state index in [-0.39, 0.29) is 25.0 Å². The van der Waals surface area contributed by atoms with E-state index in [1.165, 1.54) is 39.3 Å². The van der Waals surface area contributed by atoms with Crippen LogP contribution in [0.1, 0.15) is 123 Å². The van der Waals surface area contributed by atoms with Gasteiger partial charge in [0.25, 0.3) is 11.8 Å². The molecule has 2 heterocycles. The van der Waals surface area contributed by atoms with Crippen molar-refractivity contribution in [3.8, 4) is 0 Å². The number of likely N-dealkylation sites (tertiary alicyclic amines) is 1. The minimum absolute atomic E-state index is 0.0599. The molecule has 2 saturated heterocycles. The fourth-order valence-electron chi connectivity index (χ4n) is 5.71. The van der Waals surface area contributed by atoms with Crippen LogP contribution in [0.5, 0.6) is 0 Å². The maximum Gasteiger partial charge on any atom is 0.404 e. The molecule has 4 aromatic rings. The summed E-state index contributed by atoms with van der Waals surface area (Å²) in [6.07, 6.45) is -2.48. The number of carbonyl (C=O) groups excluding carboxylic acids is 4. The predicted molar refractivity (Wildman–Crippen MR) is 269 cm³/mol. The number of esters is 2. The van der Waals surface area contributed by atoms with Crippen molar-refractivity contribution in [2.24, 2.45) is 21.7 Å². The van der Waals surface area contributed by atoms with Gasteiger partial charge < -0.3 is 29.9 Å². The molecule has 74 heavy (non-hydrogen) atoms. The topological polar surface area (TPSA) is 160 Å². The molecule has 0 bridgehead atoms. The monoisotopic (exact) mass is 1050 g/mol. The van der Waals surface area contributed by atoms with Gasteiger partial charge in [-0.25, -0.2) is 17.6 Å². The largest absolute Gasteiger partial charge is 0.481 e. The lowest BCUT2D eigenvalue weighted by Crippen LogP contribution is -2.55. The number of amides is 1. The number of nitrogens with zero attached hydrogens (tertiary/aromatic N) is 1. The van der Waals surface area contributed by atoms with Crippen LogP contribution in [0.3, 0.4) is 0 Å². The summed E-state index contributed by atoms with van der Waals surface area (Å²) >= 11 is 0. The van der Waals surface area contributed by atoms with Crippen molar-refractivity contribution < 1.29 is 74.4 Å². The molecular weight excluding hydrogens is 978 g/mol. The van der Waals surface area contributed by atoms with Gasteiger partial charge in [0.05, 0.1) is 6.04 Å². The number of benzene rings is 4. The van der Waals surface area contributed by atoms with Gasteiger partial charge >= 0.3 is 24.1 Å². The zero-order chi connectivity index (χ0) is 56.9. The number of carboxylic acid groups (broad SMARTS) is 1. The summed E-state index contributed by atoms with van der Waals surface area (Å²) in [6, 6.07) is 38.7. The van der Waals surface area contributed by atoms with E-state index in [1.807, 2.05) is 60.7 Å². The third kappa shape index (κ3) is 19.3. The first-order chi connectivity index (χ1) is 34.1. The van der Waals surface area contributed by atoms with Crippen LogP contribution in [0.25, 0.3) is 0 Å². The standard InChI is InChI=1S/C15H19F2NO.C13H16O3.C12H13F3O2.C9H11N.C6H10F2O2.CH4O/c1-14(2,15(3,16)17)13(19)18-10-9-12(18)11-7-5-4-6-8-11;1-10(14)13(2,3)12(15)16-9-11-7-5-4-6-8-11;1-11(2,12(13,14)15)10(16)17-8-9-6-4-3-5-7-9;1-2-4-8(5-3-1)9-6-7-10-9;1-5(2,4(9)10)6(3,7)8;1-2/h4-8,12H,9-10H2,1-3H3;4-8H,9H2,1-3H3;3-7H,8H2,1-2H3;1-5,9-10H,6-7H2;1-3H3,(H,9,10);2H,1H3/t12-;;;9-;;/m0..0../s1. The Kier molecular flexibility index (Phi) is 25.4. The second-order valence-electron chi connectivity index (χ2n) is 19.7. The average molecular weight is 1050 g/mol. The first-order valence-corrected chi connectivity index (χ1v) is 23.7. The lowest BCUT2D eigenvalue weighted by molar-refractivity contribution is -0.225. The second-order valence-corrected chi connectivity index (χ2v) is 19.7. The van der Waals surface area contributed by atoms with E-state index in [0.29, 0.717) is 25.1 Å². The molecule has 0 saturated carbocycles. The highest BCUT2D eigenvalue weighted by Crippen LogP contribution is 2.43. The molecular formula is C56H73F7N2O9. The molecule has 2 aliphatic rings. The van der Waals surface area contributed by atoms with Crippen molar-refractivity contribution >= 4 is 29.6 Å². The number of carboxylic acids is 1. The summed E-state index contributed by atoms with van der Waals surface area (Å²) < 4.78 is 99.1. The van der Waals surface area contributed by atoms with E-state index in [0.717, 1.165) is 59.3 Å². The molecule has 2 fully saturated rings. The average Bonchev–Trinajstić information content (AvgIpc) is 3.30. The van der Waals surface area contributed by atoms with Gasteiger partial charge in [0.2, 0.25) is 5.91 Å². The highest BCUT2D eigenvalue weighted by atomic mass is 19.4. The molecule has 1 amide bonds. The molecule has 6 rings (SSSR count). The Labute approximate surface area is 430 Å². The summed E-state index contributed by atoms with van der Waals surface area (Å²) in [5, 5.41) is 18.7. The minimum Gasteiger partial charge on any atom is -0.481 e. The van der Waals surface area contributed by atoms with Crippen molar-refractivity contribution in [2.45, 2.75) is 132 Å². The van der Waals surface area contributed by atoms with E-state index < -0.39 is 63.5 Å². The maximum absolute atomic E-state index is 13.6. The lowest BCUT2D eigenvalue weighted by Gasteiger charge is -2.46. The van der Waals surface area contributed by atoms with Gasteiger partial charge in [-0.05, 0) is 104 Å². The Hall–Kier alpha value is -6.14. The molecule has 2 atom stereocenters. The Bertz CT molecular complexity index is 2330. The van der Waals surface area contributed by atoms with Crippen LogP contribution < -0.4 is 5.32 Å². The first kappa shape index (κ1) is 65.9. The van der Waals surface area contributed by atoms with Gasteiger partial charge in [-0.3, -0.25) is 24.0 Å². The number of hydrogen-bond donors (Lipinski definition) is 3. The molecule has 0 radical (unpaired) electrons. The normalized spacial score (nSPS) is 15.4. The molecule has 11 nitrogen and oxygen atoms in total. The molecule has 18 heteroatoms. The number of ether oxygens (including phenoxy) is 2. The van der Waals surface area contributed by atoms with E-state index in [4.69, 9.17) is 14.9 Å². The van der Waals surface area contributed by atoms with Crippen LogP contribution in [0.15, 0.2) is 121 Å². The zero-order valence-electron chi connectivity index (χ0n) is 44.3. The maximum atomic E-state index is 13.6. The van der Waals surface area contributed by atoms with Crippen molar-refractivity contribution in [2.75, 3.05) is 20.2 Å². The number of halogens is 7. The van der Waals surface area contributed by atoms with Crippen molar-refractivity contribution in [3.63, 3.8) is 0 Å². The highest BCUT2D eigenvalue weighted by molar-refractivity contribution is 6.01. The Morgan fingerprint density at radius 2 is 0.919 bits per heavy atom. The van der Waals surface area contributed by atoms with Crippen LogP contribution >= 0.6 is 0 Å². The summed E-state index contributed by atoms with van der Waals surface area (Å²) in [7, 11) is 1.00. The molecule has 410 valence electrons. The van der Waals surface area contributed by atoms with Crippen molar-refractivity contribution in [1.82, 2.24) is 10.2 Å².